The Morgan fingerprint density at radius 2 is 1.56 bits per heavy atom. The molecule has 13 heteroatoms. The van der Waals surface area contributed by atoms with Gasteiger partial charge in [-0.15, -0.1) is 0 Å². The Bertz CT molecular complexity index is 1590. The summed E-state index contributed by atoms with van der Waals surface area (Å²) in [5.41, 5.74) is 1.65. The molecule has 0 atom stereocenters. The van der Waals surface area contributed by atoms with Crippen LogP contribution >= 0.6 is 0 Å². The molecule has 2 aromatic heterocycles. The third-order valence-corrected chi connectivity index (χ3v) is 8.64. The molecular weight excluding hydrogens is 524 g/mol. The first-order valence-corrected chi connectivity index (χ1v) is 13.7. The highest BCUT2D eigenvalue weighted by atomic mass is 32.2. The number of fused-ring (bicyclic) bond motifs is 1. The molecule has 1 aliphatic rings. The second-order valence-electron chi connectivity index (χ2n) is 8.80. The number of benzene rings is 2. The highest BCUT2D eigenvalue weighted by molar-refractivity contribution is 7.89. The summed E-state index contributed by atoms with van der Waals surface area (Å²) >= 11 is 0. The molecule has 0 unspecified atom stereocenters. The Labute approximate surface area is 226 Å². The van der Waals surface area contributed by atoms with E-state index in [4.69, 9.17) is 18.9 Å². The summed E-state index contributed by atoms with van der Waals surface area (Å²) in [4.78, 5) is 10.9. The molecule has 2 aromatic carbocycles. The van der Waals surface area contributed by atoms with Crippen LogP contribution in [0, 0.1) is 0 Å². The Morgan fingerprint density at radius 1 is 0.795 bits per heavy atom. The number of hydrogen-bond acceptors (Lipinski definition) is 10. The van der Waals surface area contributed by atoms with Gasteiger partial charge >= 0.3 is 0 Å². The first-order chi connectivity index (χ1) is 18.9. The van der Waals surface area contributed by atoms with Crippen molar-refractivity contribution in [2.24, 2.45) is 0 Å². The van der Waals surface area contributed by atoms with E-state index in [0.29, 0.717) is 49.1 Å². The fraction of sp³-hybridized carbons (Fsp3) is 0.346. The standard InChI is InChI=1S/C26H30N6O6S/c1-35-19-7-9-22(37-3)24(15-19)39(33,34)31-11-5-10-30(12-13-31)25-20(16-27-26-28-17-29-32(25)26)18-6-8-21(36-2)23(14-18)38-4/h6-9,14-17H,5,10-13H2,1-4H3. The lowest BCUT2D eigenvalue weighted by molar-refractivity contribution is 0.355. The van der Waals surface area contributed by atoms with E-state index in [9.17, 15) is 8.42 Å². The van der Waals surface area contributed by atoms with Crippen molar-refractivity contribution in [3.05, 3.63) is 48.9 Å². The van der Waals surface area contributed by atoms with E-state index < -0.39 is 10.0 Å². The summed E-state index contributed by atoms with van der Waals surface area (Å²) in [6, 6.07) is 10.4. The van der Waals surface area contributed by atoms with Crippen LogP contribution in [-0.2, 0) is 10.0 Å². The fourth-order valence-corrected chi connectivity index (χ4v) is 6.39. The number of hydrogen-bond donors (Lipinski definition) is 0. The predicted molar refractivity (Wildman–Crippen MR) is 144 cm³/mol. The molecule has 206 valence electrons. The number of ether oxygens (including phenoxy) is 4. The molecule has 0 N–H and O–H groups in total. The van der Waals surface area contributed by atoms with Gasteiger partial charge in [-0.25, -0.2) is 13.4 Å². The van der Waals surface area contributed by atoms with Crippen LogP contribution in [0.15, 0.2) is 53.8 Å². The zero-order chi connectivity index (χ0) is 27.6. The Hall–Kier alpha value is -4.10. The summed E-state index contributed by atoms with van der Waals surface area (Å²) in [7, 11) is 2.27. The van der Waals surface area contributed by atoms with E-state index in [2.05, 4.69) is 20.0 Å². The normalized spacial score (nSPS) is 14.7. The first kappa shape index (κ1) is 26.5. The number of sulfonamides is 1. The van der Waals surface area contributed by atoms with Gasteiger partial charge in [-0.05, 0) is 36.2 Å². The SMILES string of the molecule is COc1ccc(OC)c(S(=O)(=O)N2CCCN(c3c(-c4ccc(OC)c(OC)c4)cnc4ncnn34)CC2)c1. The van der Waals surface area contributed by atoms with E-state index in [-0.39, 0.29) is 17.2 Å². The van der Waals surface area contributed by atoms with Crippen LogP contribution in [-0.4, -0.2) is 86.9 Å². The maximum atomic E-state index is 13.7. The van der Waals surface area contributed by atoms with Crippen LogP contribution in [0.3, 0.4) is 0 Å². The molecule has 4 aromatic rings. The summed E-state index contributed by atoms with van der Waals surface area (Å²) in [6.07, 6.45) is 3.80. The van der Waals surface area contributed by atoms with Crippen molar-refractivity contribution < 1.29 is 27.4 Å². The summed E-state index contributed by atoms with van der Waals surface area (Å²) in [5.74, 6) is 3.12. The van der Waals surface area contributed by atoms with E-state index in [1.165, 1.54) is 30.9 Å². The molecule has 39 heavy (non-hydrogen) atoms. The molecule has 0 saturated carbocycles. The van der Waals surface area contributed by atoms with Crippen molar-refractivity contribution in [2.75, 3.05) is 59.5 Å². The zero-order valence-corrected chi connectivity index (χ0v) is 23.0. The van der Waals surface area contributed by atoms with Gasteiger partial charge in [0.05, 0.1) is 28.4 Å². The van der Waals surface area contributed by atoms with E-state index in [0.717, 1.165) is 16.9 Å². The van der Waals surface area contributed by atoms with Crippen molar-refractivity contribution in [3.63, 3.8) is 0 Å². The molecule has 0 radical (unpaired) electrons. The molecule has 1 saturated heterocycles. The zero-order valence-electron chi connectivity index (χ0n) is 22.2. The van der Waals surface area contributed by atoms with Crippen molar-refractivity contribution >= 4 is 21.6 Å². The number of anilines is 1. The van der Waals surface area contributed by atoms with Crippen LogP contribution in [0.2, 0.25) is 0 Å². The molecular formula is C26H30N6O6S. The Morgan fingerprint density at radius 3 is 2.31 bits per heavy atom. The van der Waals surface area contributed by atoms with Crippen molar-refractivity contribution in [1.82, 2.24) is 23.9 Å². The smallest absolute Gasteiger partial charge is 0.254 e. The van der Waals surface area contributed by atoms with Gasteiger partial charge in [-0.1, -0.05) is 6.07 Å². The van der Waals surface area contributed by atoms with Crippen LogP contribution in [0.1, 0.15) is 6.42 Å². The maximum absolute atomic E-state index is 13.7. The topological polar surface area (TPSA) is 121 Å². The van der Waals surface area contributed by atoms with Crippen LogP contribution in [0.4, 0.5) is 5.82 Å². The molecule has 1 fully saturated rings. The summed E-state index contributed by atoms with van der Waals surface area (Å²) in [5, 5.41) is 4.43. The highest BCUT2D eigenvalue weighted by Crippen LogP contribution is 2.37. The monoisotopic (exact) mass is 554 g/mol. The molecule has 0 aliphatic carbocycles. The lowest BCUT2D eigenvalue weighted by Gasteiger charge is -2.26. The van der Waals surface area contributed by atoms with Gasteiger partial charge in [-0.3, -0.25) is 0 Å². The van der Waals surface area contributed by atoms with Gasteiger partial charge in [0.25, 0.3) is 5.78 Å². The highest BCUT2D eigenvalue weighted by Gasteiger charge is 2.31. The van der Waals surface area contributed by atoms with Crippen LogP contribution in [0.5, 0.6) is 23.0 Å². The van der Waals surface area contributed by atoms with Crippen molar-refractivity contribution in [2.45, 2.75) is 11.3 Å². The molecule has 3 heterocycles. The van der Waals surface area contributed by atoms with Gasteiger partial charge in [0.15, 0.2) is 11.5 Å². The van der Waals surface area contributed by atoms with Crippen molar-refractivity contribution in [3.8, 4) is 34.1 Å². The summed E-state index contributed by atoms with van der Waals surface area (Å²) < 4.78 is 52.2. The van der Waals surface area contributed by atoms with Gasteiger partial charge in [0.1, 0.15) is 28.5 Å². The van der Waals surface area contributed by atoms with Gasteiger partial charge in [0.2, 0.25) is 10.0 Å². The lowest BCUT2D eigenvalue weighted by Crippen LogP contribution is -2.36. The maximum Gasteiger partial charge on any atom is 0.254 e. The van der Waals surface area contributed by atoms with E-state index in [1.807, 2.05) is 18.2 Å². The molecule has 0 amide bonds. The third-order valence-electron chi connectivity index (χ3n) is 6.72. The average molecular weight is 555 g/mol. The number of methoxy groups -OCH3 is 4. The van der Waals surface area contributed by atoms with Gasteiger partial charge in [0, 0.05) is 44.0 Å². The number of nitrogens with zero attached hydrogens (tertiary/aromatic N) is 6. The molecule has 1 aliphatic heterocycles. The third kappa shape index (κ3) is 4.90. The van der Waals surface area contributed by atoms with Crippen molar-refractivity contribution in [1.29, 1.82) is 0 Å². The second kappa shape index (κ2) is 10.9. The van der Waals surface area contributed by atoms with E-state index >= 15 is 0 Å². The quantitative estimate of drug-likeness (QED) is 0.321. The molecule has 12 nitrogen and oxygen atoms in total. The molecule has 0 bridgehead atoms. The van der Waals surface area contributed by atoms with E-state index in [1.54, 1.807) is 37.1 Å². The predicted octanol–water partition coefficient (Wildman–Crippen LogP) is 2.73. The second-order valence-corrected chi connectivity index (χ2v) is 10.7. The minimum Gasteiger partial charge on any atom is -0.497 e. The van der Waals surface area contributed by atoms with Crippen LogP contribution in [0.25, 0.3) is 16.9 Å². The fourth-order valence-electron chi connectivity index (χ4n) is 4.75. The number of rotatable bonds is 8. The molecule has 5 rings (SSSR count). The first-order valence-electron chi connectivity index (χ1n) is 12.3. The summed E-state index contributed by atoms with van der Waals surface area (Å²) in [6.45, 7) is 1.62. The average Bonchev–Trinajstić information content (AvgIpc) is 3.31. The number of aromatic nitrogens is 4. The molecule has 0 spiro atoms. The van der Waals surface area contributed by atoms with Gasteiger partial charge < -0.3 is 23.8 Å². The van der Waals surface area contributed by atoms with Crippen LogP contribution < -0.4 is 23.8 Å². The minimum absolute atomic E-state index is 0.0754. The lowest BCUT2D eigenvalue weighted by atomic mass is 10.1. The largest absolute Gasteiger partial charge is 0.497 e. The Balaban J connectivity index is 1.51. The Kier molecular flexibility index (Phi) is 7.44. The minimum atomic E-state index is -3.85. The van der Waals surface area contributed by atoms with Gasteiger partial charge in [-0.2, -0.15) is 18.9 Å².